The van der Waals surface area contributed by atoms with Crippen LogP contribution < -0.4 is 0 Å². The third-order valence-corrected chi connectivity index (χ3v) is 3.28. The number of hydrogen-bond donors (Lipinski definition) is 0. The van der Waals surface area contributed by atoms with Gasteiger partial charge in [-0.25, -0.2) is 0 Å². The van der Waals surface area contributed by atoms with Gasteiger partial charge < -0.3 is 4.57 Å². The first-order chi connectivity index (χ1) is 4.79. The lowest BCUT2D eigenvalue weighted by molar-refractivity contribution is 0.794. The van der Waals surface area contributed by atoms with Crippen LogP contribution in [0.1, 0.15) is 17.7 Å². The van der Waals surface area contributed by atoms with Gasteiger partial charge in [0.2, 0.25) is 0 Å². The van der Waals surface area contributed by atoms with Crippen molar-refractivity contribution in [2.75, 3.05) is 0 Å². The van der Waals surface area contributed by atoms with E-state index in [-0.39, 0.29) is 0 Å². The van der Waals surface area contributed by atoms with Gasteiger partial charge in [0, 0.05) is 12.7 Å². The third kappa shape index (κ3) is 0.813. The monoisotopic (exact) mass is 247 g/mol. The van der Waals surface area contributed by atoms with Crippen LogP contribution in [0.2, 0.25) is 0 Å². The molecule has 54 valence electrons. The fraction of sp³-hybridized carbons (Fsp3) is 0.500. The zero-order valence-electron chi connectivity index (χ0n) is 6.02. The number of halogens is 1. The molecule has 2 rings (SSSR count). The minimum Gasteiger partial charge on any atom is -0.343 e. The van der Waals surface area contributed by atoms with E-state index in [0.717, 1.165) is 0 Å². The van der Waals surface area contributed by atoms with E-state index >= 15 is 0 Å². The summed E-state index contributed by atoms with van der Waals surface area (Å²) in [5, 5.41) is 0. The van der Waals surface area contributed by atoms with E-state index in [2.05, 4.69) is 40.3 Å². The summed E-state index contributed by atoms with van der Waals surface area (Å²) in [4.78, 5) is 0. The van der Waals surface area contributed by atoms with Crippen LogP contribution in [0.4, 0.5) is 0 Å². The molecule has 0 bridgehead atoms. The van der Waals surface area contributed by atoms with Crippen molar-refractivity contribution in [3.05, 3.63) is 21.0 Å². The fourth-order valence-corrected chi connectivity index (χ4v) is 2.33. The molecule has 1 heterocycles. The average Bonchev–Trinajstić information content (AvgIpc) is 2.41. The predicted octanol–water partition coefficient (Wildman–Crippen LogP) is 2.12. The van der Waals surface area contributed by atoms with Gasteiger partial charge in [-0.15, -0.1) is 0 Å². The number of nitrogens with zero attached hydrogens (tertiary/aromatic N) is 1. The molecule has 0 spiro atoms. The van der Waals surface area contributed by atoms with E-state index in [1.165, 1.54) is 23.0 Å². The largest absolute Gasteiger partial charge is 0.343 e. The molecule has 2 heteroatoms. The van der Waals surface area contributed by atoms with Gasteiger partial charge in [-0.05, 0) is 53.5 Å². The minimum atomic E-state index is 1.29. The molecule has 0 aliphatic heterocycles. The van der Waals surface area contributed by atoms with Crippen LogP contribution in [0.25, 0.3) is 0 Å². The molecular formula is C8H10IN. The molecule has 1 aromatic rings. The maximum absolute atomic E-state index is 2.39. The molecule has 0 saturated carbocycles. The van der Waals surface area contributed by atoms with Crippen molar-refractivity contribution in [3.8, 4) is 0 Å². The number of aryl methyl sites for hydroxylation is 1. The Morgan fingerprint density at radius 2 is 2.30 bits per heavy atom. The fourth-order valence-electron chi connectivity index (χ4n) is 1.66. The van der Waals surface area contributed by atoms with Crippen LogP contribution in [0, 0.1) is 3.70 Å². The van der Waals surface area contributed by atoms with Crippen LogP contribution in [-0.4, -0.2) is 4.57 Å². The SMILES string of the molecule is Cn1c(I)cc2c1CCC2. The second-order valence-electron chi connectivity index (χ2n) is 2.85. The molecule has 1 aliphatic rings. The summed E-state index contributed by atoms with van der Waals surface area (Å²) < 4.78 is 3.69. The maximum Gasteiger partial charge on any atom is 0.0800 e. The first kappa shape index (κ1) is 6.70. The Morgan fingerprint density at radius 1 is 1.50 bits per heavy atom. The number of fused-ring (bicyclic) bond motifs is 1. The Morgan fingerprint density at radius 3 is 3.00 bits per heavy atom. The van der Waals surface area contributed by atoms with Gasteiger partial charge in [0.15, 0.2) is 0 Å². The van der Waals surface area contributed by atoms with Gasteiger partial charge in [0.1, 0.15) is 0 Å². The highest BCUT2D eigenvalue weighted by molar-refractivity contribution is 14.1. The summed E-state index contributed by atoms with van der Waals surface area (Å²) in [6.45, 7) is 0. The van der Waals surface area contributed by atoms with Crippen LogP contribution in [0.3, 0.4) is 0 Å². The Kier molecular flexibility index (Phi) is 1.51. The number of rotatable bonds is 0. The van der Waals surface area contributed by atoms with Gasteiger partial charge in [-0.2, -0.15) is 0 Å². The summed E-state index contributed by atoms with van der Waals surface area (Å²) in [6.07, 6.45) is 3.94. The predicted molar refractivity (Wildman–Crippen MR) is 50.2 cm³/mol. The summed E-state index contributed by atoms with van der Waals surface area (Å²) in [6, 6.07) is 2.31. The molecule has 0 N–H and O–H groups in total. The van der Waals surface area contributed by atoms with Crippen LogP contribution in [-0.2, 0) is 19.9 Å². The molecule has 0 fully saturated rings. The van der Waals surface area contributed by atoms with Gasteiger partial charge in [-0.3, -0.25) is 0 Å². The lowest BCUT2D eigenvalue weighted by Gasteiger charge is -1.98. The highest BCUT2D eigenvalue weighted by Crippen LogP contribution is 2.25. The van der Waals surface area contributed by atoms with Crippen molar-refractivity contribution < 1.29 is 0 Å². The summed E-state index contributed by atoms with van der Waals surface area (Å²) in [5.74, 6) is 0. The van der Waals surface area contributed by atoms with E-state index in [0.29, 0.717) is 0 Å². The lowest BCUT2D eigenvalue weighted by atomic mass is 10.3. The van der Waals surface area contributed by atoms with E-state index in [9.17, 15) is 0 Å². The van der Waals surface area contributed by atoms with Crippen molar-refractivity contribution in [1.82, 2.24) is 4.57 Å². The molecule has 0 radical (unpaired) electrons. The Bertz CT molecular complexity index is 262. The number of hydrogen-bond acceptors (Lipinski definition) is 0. The quantitative estimate of drug-likeness (QED) is 0.619. The van der Waals surface area contributed by atoms with E-state index in [1.54, 1.807) is 11.3 Å². The Balaban J connectivity index is 2.59. The first-order valence-electron chi connectivity index (χ1n) is 3.62. The van der Waals surface area contributed by atoms with Gasteiger partial charge in [-0.1, -0.05) is 0 Å². The standard InChI is InChI=1S/C8H10IN/c1-10-7-4-2-3-6(7)5-8(10)9/h5H,2-4H2,1H3. The van der Waals surface area contributed by atoms with Crippen molar-refractivity contribution >= 4 is 22.6 Å². The van der Waals surface area contributed by atoms with E-state index in [1.807, 2.05) is 0 Å². The highest BCUT2D eigenvalue weighted by Gasteiger charge is 2.15. The molecule has 0 aromatic carbocycles. The molecule has 0 unspecified atom stereocenters. The van der Waals surface area contributed by atoms with E-state index in [4.69, 9.17) is 0 Å². The first-order valence-corrected chi connectivity index (χ1v) is 4.70. The molecule has 1 nitrogen and oxygen atoms in total. The number of aromatic nitrogens is 1. The second-order valence-corrected chi connectivity index (χ2v) is 3.96. The van der Waals surface area contributed by atoms with Gasteiger partial charge >= 0.3 is 0 Å². The molecule has 10 heavy (non-hydrogen) atoms. The van der Waals surface area contributed by atoms with Gasteiger partial charge in [0.25, 0.3) is 0 Å². The molecule has 1 aromatic heterocycles. The molecule has 0 amide bonds. The normalized spacial score (nSPS) is 15.8. The highest BCUT2D eigenvalue weighted by atomic mass is 127. The van der Waals surface area contributed by atoms with Crippen LogP contribution in [0.5, 0.6) is 0 Å². The topological polar surface area (TPSA) is 4.93 Å². The second kappa shape index (κ2) is 2.26. The maximum atomic E-state index is 2.39. The van der Waals surface area contributed by atoms with Crippen molar-refractivity contribution in [2.45, 2.75) is 19.3 Å². The average molecular weight is 247 g/mol. The Hall–Kier alpha value is 0.01000. The summed E-state index contributed by atoms with van der Waals surface area (Å²) in [7, 11) is 2.16. The van der Waals surface area contributed by atoms with Crippen LogP contribution in [0.15, 0.2) is 6.07 Å². The van der Waals surface area contributed by atoms with Crippen molar-refractivity contribution in [2.24, 2.45) is 7.05 Å². The van der Waals surface area contributed by atoms with Crippen LogP contribution >= 0.6 is 22.6 Å². The third-order valence-electron chi connectivity index (χ3n) is 2.25. The van der Waals surface area contributed by atoms with Crippen molar-refractivity contribution in [3.63, 3.8) is 0 Å². The van der Waals surface area contributed by atoms with E-state index < -0.39 is 0 Å². The zero-order chi connectivity index (χ0) is 7.14. The Labute approximate surface area is 74.6 Å². The molecular weight excluding hydrogens is 237 g/mol. The minimum absolute atomic E-state index is 1.29. The zero-order valence-corrected chi connectivity index (χ0v) is 8.18. The molecule has 1 aliphatic carbocycles. The molecule has 0 saturated heterocycles. The smallest absolute Gasteiger partial charge is 0.0800 e. The summed E-state index contributed by atoms with van der Waals surface area (Å²) >= 11 is 2.39. The lowest BCUT2D eigenvalue weighted by Crippen LogP contribution is -1.95. The van der Waals surface area contributed by atoms with Crippen molar-refractivity contribution in [1.29, 1.82) is 0 Å². The summed E-state index contributed by atoms with van der Waals surface area (Å²) in [5.41, 5.74) is 3.14. The molecule has 0 atom stereocenters. The van der Waals surface area contributed by atoms with Gasteiger partial charge in [0.05, 0.1) is 3.70 Å².